The van der Waals surface area contributed by atoms with Crippen molar-refractivity contribution < 1.29 is 9.47 Å². The molecule has 1 aromatic rings. The quantitative estimate of drug-likeness (QED) is 0.837. The fraction of sp³-hybridized carbons (Fsp3) is 0.643. The molecule has 1 N–H and O–H groups in total. The van der Waals surface area contributed by atoms with Crippen molar-refractivity contribution >= 4 is 0 Å². The Morgan fingerprint density at radius 2 is 2.39 bits per heavy atom. The smallest absolute Gasteiger partial charge is 0.213 e. The molecule has 100 valence electrons. The summed E-state index contributed by atoms with van der Waals surface area (Å²) in [6, 6.07) is 4.13. The number of nitrogens with one attached hydrogen (secondary N) is 1. The molecule has 0 radical (unpaired) electrons. The van der Waals surface area contributed by atoms with E-state index < -0.39 is 0 Å². The Morgan fingerprint density at radius 1 is 1.50 bits per heavy atom. The molecule has 0 amide bonds. The van der Waals surface area contributed by atoms with Crippen molar-refractivity contribution in [2.45, 2.75) is 38.8 Å². The first-order valence-corrected chi connectivity index (χ1v) is 6.70. The molecule has 0 bridgehead atoms. The van der Waals surface area contributed by atoms with E-state index in [0.717, 1.165) is 44.0 Å². The van der Waals surface area contributed by atoms with Gasteiger partial charge in [-0.15, -0.1) is 0 Å². The van der Waals surface area contributed by atoms with Crippen LogP contribution >= 0.6 is 0 Å². The predicted molar refractivity (Wildman–Crippen MR) is 70.8 cm³/mol. The molecule has 1 fully saturated rings. The van der Waals surface area contributed by atoms with Crippen LogP contribution in [-0.2, 0) is 17.7 Å². The summed E-state index contributed by atoms with van der Waals surface area (Å²) in [5.74, 6) is 0.718. The molecule has 2 heterocycles. The lowest BCUT2D eigenvalue weighted by atomic mass is 10.2. The number of nitrogens with zero attached hydrogens (tertiary/aromatic N) is 1. The van der Waals surface area contributed by atoms with E-state index in [1.807, 2.05) is 13.1 Å². The molecular weight excluding hydrogens is 228 g/mol. The van der Waals surface area contributed by atoms with Crippen molar-refractivity contribution in [1.29, 1.82) is 0 Å². The van der Waals surface area contributed by atoms with Gasteiger partial charge in [0.2, 0.25) is 5.88 Å². The fourth-order valence-corrected chi connectivity index (χ4v) is 2.14. The summed E-state index contributed by atoms with van der Waals surface area (Å²) in [6.07, 6.45) is 3.40. The van der Waals surface area contributed by atoms with Gasteiger partial charge in [0.15, 0.2) is 0 Å². The zero-order chi connectivity index (χ0) is 12.8. The first-order chi connectivity index (χ1) is 8.81. The Morgan fingerprint density at radius 3 is 3.06 bits per heavy atom. The van der Waals surface area contributed by atoms with E-state index in [1.54, 1.807) is 0 Å². The van der Waals surface area contributed by atoms with E-state index in [2.05, 4.69) is 23.3 Å². The lowest BCUT2D eigenvalue weighted by Crippen LogP contribution is -2.17. The fourth-order valence-electron chi connectivity index (χ4n) is 2.14. The third-order valence-corrected chi connectivity index (χ3v) is 3.10. The molecule has 0 spiro atoms. The maximum absolute atomic E-state index is 5.76. The molecule has 0 aromatic carbocycles. The highest BCUT2D eigenvalue weighted by molar-refractivity contribution is 5.25. The third-order valence-electron chi connectivity index (χ3n) is 3.10. The van der Waals surface area contributed by atoms with Gasteiger partial charge in [-0.2, -0.15) is 0 Å². The van der Waals surface area contributed by atoms with Crippen molar-refractivity contribution in [2.24, 2.45) is 0 Å². The molecule has 1 atom stereocenters. The van der Waals surface area contributed by atoms with E-state index in [4.69, 9.17) is 9.47 Å². The van der Waals surface area contributed by atoms with Crippen molar-refractivity contribution in [3.8, 4) is 5.88 Å². The second kappa shape index (κ2) is 6.71. The van der Waals surface area contributed by atoms with Gasteiger partial charge in [0.1, 0.15) is 6.61 Å². The molecule has 4 heteroatoms. The third kappa shape index (κ3) is 3.68. The summed E-state index contributed by atoms with van der Waals surface area (Å²) >= 11 is 0. The van der Waals surface area contributed by atoms with Crippen molar-refractivity contribution in [2.75, 3.05) is 20.3 Å². The van der Waals surface area contributed by atoms with Crippen LogP contribution in [0, 0.1) is 0 Å². The van der Waals surface area contributed by atoms with Crippen LogP contribution in [-0.4, -0.2) is 31.3 Å². The van der Waals surface area contributed by atoms with Crippen LogP contribution in [0.25, 0.3) is 0 Å². The van der Waals surface area contributed by atoms with E-state index in [0.29, 0.717) is 6.61 Å². The van der Waals surface area contributed by atoms with Crippen LogP contribution in [0.2, 0.25) is 0 Å². The lowest BCUT2D eigenvalue weighted by Gasteiger charge is -2.12. The van der Waals surface area contributed by atoms with E-state index in [9.17, 15) is 0 Å². The van der Waals surface area contributed by atoms with Gasteiger partial charge in [0, 0.05) is 24.9 Å². The van der Waals surface area contributed by atoms with Gasteiger partial charge in [0.05, 0.1) is 6.10 Å². The summed E-state index contributed by atoms with van der Waals surface area (Å²) in [5, 5.41) is 3.15. The van der Waals surface area contributed by atoms with E-state index in [1.165, 1.54) is 5.56 Å². The Balaban J connectivity index is 1.98. The number of ether oxygens (including phenoxy) is 2. The molecule has 4 nitrogen and oxygen atoms in total. The first-order valence-electron chi connectivity index (χ1n) is 6.70. The minimum absolute atomic E-state index is 0.241. The molecular formula is C14H22N2O2. The Labute approximate surface area is 109 Å². The van der Waals surface area contributed by atoms with Crippen LogP contribution in [0.5, 0.6) is 5.88 Å². The SMILES string of the molecule is CCc1cc(CNC)cc(OCC2CCCO2)n1. The Hall–Kier alpha value is -1.13. The van der Waals surface area contributed by atoms with Gasteiger partial charge >= 0.3 is 0 Å². The number of aromatic nitrogens is 1. The summed E-state index contributed by atoms with van der Waals surface area (Å²) in [6.45, 7) is 4.42. The zero-order valence-corrected chi connectivity index (χ0v) is 11.2. The van der Waals surface area contributed by atoms with Crippen LogP contribution in [0.3, 0.4) is 0 Å². The Bertz CT molecular complexity index is 376. The maximum atomic E-state index is 5.76. The van der Waals surface area contributed by atoms with Crippen molar-refractivity contribution in [1.82, 2.24) is 10.3 Å². The van der Waals surface area contributed by atoms with Crippen LogP contribution in [0.15, 0.2) is 12.1 Å². The van der Waals surface area contributed by atoms with Crippen LogP contribution < -0.4 is 10.1 Å². The van der Waals surface area contributed by atoms with Gasteiger partial charge < -0.3 is 14.8 Å². The summed E-state index contributed by atoms with van der Waals surface area (Å²) < 4.78 is 11.3. The highest BCUT2D eigenvalue weighted by atomic mass is 16.5. The maximum Gasteiger partial charge on any atom is 0.213 e. The normalized spacial score (nSPS) is 19.1. The molecule has 1 aromatic heterocycles. The minimum atomic E-state index is 0.241. The van der Waals surface area contributed by atoms with Gasteiger partial charge in [-0.25, -0.2) is 4.98 Å². The number of aryl methyl sites for hydroxylation is 1. The van der Waals surface area contributed by atoms with Crippen molar-refractivity contribution in [3.05, 3.63) is 23.4 Å². The number of rotatable bonds is 6. The molecule has 1 aliphatic heterocycles. The largest absolute Gasteiger partial charge is 0.475 e. The zero-order valence-electron chi connectivity index (χ0n) is 11.2. The molecule has 1 aliphatic rings. The molecule has 18 heavy (non-hydrogen) atoms. The van der Waals surface area contributed by atoms with Gasteiger partial charge in [0.25, 0.3) is 0 Å². The second-order valence-electron chi connectivity index (χ2n) is 4.63. The highest BCUT2D eigenvalue weighted by Gasteiger charge is 2.16. The van der Waals surface area contributed by atoms with Gasteiger partial charge in [-0.3, -0.25) is 0 Å². The molecule has 1 unspecified atom stereocenters. The molecule has 0 aliphatic carbocycles. The average Bonchev–Trinajstić information content (AvgIpc) is 2.89. The summed E-state index contributed by atoms with van der Waals surface area (Å²) in [4.78, 5) is 4.49. The molecule has 0 saturated carbocycles. The second-order valence-corrected chi connectivity index (χ2v) is 4.63. The number of hydrogen-bond acceptors (Lipinski definition) is 4. The minimum Gasteiger partial charge on any atom is -0.475 e. The van der Waals surface area contributed by atoms with Crippen LogP contribution in [0.1, 0.15) is 31.0 Å². The summed E-state index contributed by atoms with van der Waals surface area (Å²) in [7, 11) is 1.94. The molecule has 2 rings (SSSR count). The highest BCUT2D eigenvalue weighted by Crippen LogP contribution is 2.17. The van der Waals surface area contributed by atoms with Crippen molar-refractivity contribution in [3.63, 3.8) is 0 Å². The topological polar surface area (TPSA) is 43.4 Å². The monoisotopic (exact) mass is 250 g/mol. The standard InChI is InChI=1S/C14H22N2O2/c1-3-12-7-11(9-15-2)8-14(16-12)18-10-13-5-4-6-17-13/h7-8,13,15H,3-6,9-10H2,1-2H3. The first kappa shape index (κ1) is 13.3. The van der Waals surface area contributed by atoms with Gasteiger partial charge in [-0.1, -0.05) is 6.92 Å². The summed E-state index contributed by atoms with van der Waals surface area (Å²) in [5.41, 5.74) is 2.29. The van der Waals surface area contributed by atoms with Gasteiger partial charge in [-0.05, 0) is 37.9 Å². The molecule has 1 saturated heterocycles. The average molecular weight is 250 g/mol. The van der Waals surface area contributed by atoms with Crippen LogP contribution in [0.4, 0.5) is 0 Å². The van der Waals surface area contributed by atoms with E-state index >= 15 is 0 Å². The Kier molecular flexibility index (Phi) is 4.96. The lowest BCUT2D eigenvalue weighted by molar-refractivity contribution is 0.0662. The number of hydrogen-bond donors (Lipinski definition) is 1. The van der Waals surface area contributed by atoms with E-state index in [-0.39, 0.29) is 6.10 Å². The predicted octanol–water partition coefficient (Wildman–Crippen LogP) is 1.92. The number of pyridine rings is 1.